The van der Waals surface area contributed by atoms with Crippen LogP contribution in [-0.4, -0.2) is 25.8 Å². The summed E-state index contributed by atoms with van der Waals surface area (Å²) in [5.41, 5.74) is 2.02. The Balaban J connectivity index is 1.62. The van der Waals surface area contributed by atoms with Gasteiger partial charge in [-0.05, 0) is 60.2 Å². The van der Waals surface area contributed by atoms with E-state index >= 15 is 0 Å². The quantitative estimate of drug-likeness (QED) is 0.675. The number of nitrogens with one attached hydrogen (secondary N) is 1. The second-order valence-corrected chi connectivity index (χ2v) is 9.59. The number of carbonyl (C=O) groups is 1. The lowest BCUT2D eigenvalue weighted by Gasteiger charge is -2.27. The number of amides is 1. The van der Waals surface area contributed by atoms with Crippen LogP contribution < -0.4 is 4.72 Å². The molecule has 0 spiro atoms. The Morgan fingerprint density at radius 2 is 1.97 bits per heavy atom. The van der Waals surface area contributed by atoms with Gasteiger partial charge in [-0.2, -0.15) is 0 Å². The number of nitrogens with zero attached hydrogens (tertiary/aromatic N) is 1. The summed E-state index contributed by atoms with van der Waals surface area (Å²) in [6, 6.07) is 11.9. The molecule has 1 aliphatic rings. The maximum absolute atomic E-state index is 13.9. The molecule has 4 rings (SSSR count). The molecule has 0 radical (unpaired) electrons. The molecule has 0 aliphatic carbocycles. The summed E-state index contributed by atoms with van der Waals surface area (Å²) in [5.74, 6) is -0.873. The SMILES string of the molecule is Cc1ccc(S(=O)(=O)Nc2ccccc2F)cc1C(=O)N1CCc2sccc2C1. The second kappa shape index (κ2) is 7.61. The minimum absolute atomic E-state index is 0.0806. The van der Waals surface area contributed by atoms with Crippen molar-refractivity contribution in [3.8, 4) is 0 Å². The molecule has 1 aliphatic heterocycles. The normalized spacial score (nSPS) is 13.8. The molecule has 5 nitrogen and oxygen atoms in total. The molecule has 1 N–H and O–H groups in total. The molecule has 2 heterocycles. The fourth-order valence-electron chi connectivity index (χ4n) is 3.34. The van der Waals surface area contributed by atoms with Crippen molar-refractivity contribution in [2.45, 2.75) is 24.8 Å². The lowest BCUT2D eigenvalue weighted by molar-refractivity contribution is 0.0735. The van der Waals surface area contributed by atoms with Gasteiger partial charge in [0.25, 0.3) is 15.9 Å². The number of hydrogen-bond donors (Lipinski definition) is 1. The van der Waals surface area contributed by atoms with E-state index in [1.165, 1.54) is 35.2 Å². The van der Waals surface area contributed by atoms with Crippen LogP contribution in [0.3, 0.4) is 0 Å². The minimum Gasteiger partial charge on any atom is -0.334 e. The summed E-state index contributed by atoms with van der Waals surface area (Å²) >= 11 is 1.69. The van der Waals surface area contributed by atoms with Crippen molar-refractivity contribution in [2.75, 3.05) is 11.3 Å². The first-order chi connectivity index (χ1) is 13.8. The molecule has 2 aromatic carbocycles. The number of para-hydroxylation sites is 1. The van der Waals surface area contributed by atoms with Gasteiger partial charge in [0.2, 0.25) is 0 Å². The Kier molecular flexibility index (Phi) is 5.14. The summed E-state index contributed by atoms with van der Waals surface area (Å²) in [5, 5.41) is 2.02. The van der Waals surface area contributed by atoms with Gasteiger partial charge in [0, 0.05) is 23.5 Å². The number of thiophene rings is 1. The molecule has 0 atom stereocenters. The van der Waals surface area contributed by atoms with Crippen LogP contribution in [0.1, 0.15) is 26.4 Å². The lowest BCUT2D eigenvalue weighted by atomic mass is 10.0. The van der Waals surface area contributed by atoms with Crippen molar-refractivity contribution >= 4 is 33.0 Å². The monoisotopic (exact) mass is 430 g/mol. The van der Waals surface area contributed by atoms with Gasteiger partial charge in [-0.3, -0.25) is 9.52 Å². The van der Waals surface area contributed by atoms with E-state index in [2.05, 4.69) is 4.72 Å². The molecule has 29 heavy (non-hydrogen) atoms. The standard InChI is InChI=1S/C21H19FN2O3S2/c1-14-6-7-16(29(26,27)23-19-5-3-2-4-18(19)22)12-17(14)21(25)24-10-8-20-15(13-24)9-11-28-20/h2-7,9,11-12,23H,8,10,13H2,1H3. The van der Waals surface area contributed by atoms with Crippen LogP contribution in [-0.2, 0) is 23.0 Å². The van der Waals surface area contributed by atoms with Crippen molar-refractivity contribution in [1.82, 2.24) is 4.90 Å². The molecule has 0 saturated heterocycles. The molecule has 150 valence electrons. The van der Waals surface area contributed by atoms with Crippen LogP contribution in [0.15, 0.2) is 58.8 Å². The molecular weight excluding hydrogens is 411 g/mol. The van der Waals surface area contributed by atoms with Crippen molar-refractivity contribution in [2.24, 2.45) is 0 Å². The summed E-state index contributed by atoms with van der Waals surface area (Å²) in [7, 11) is -4.04. The molecule has 0 fully saturated rings. The maximum atomic E-state index is 13.9. The van der Waals surface area contributed by atoms with Crippen LogP contribution in [0.4, 0.5) is 10.1 Å². The zero-order valence-corrected chi connectivity index (χ0v) is 17.3. The van der Waals surface area contributed by atoms with Gasteiger partial charge < -0.3 is 4.90 Å². The highest BCUT2D eigenvalue weighted by Gasteiger charge is 2.25. The first-order valence-corrected chi connectivity index (χ1v) is 11.4. The third kappa shape index (κ3) is 3.90. The van der Waals surface area contributed by atoms with Gasteiger partial charge in [0.15, 0.2) is 0 Å². The number of carbonyl (C=O) groups excluding carboxylic acids is 1. The van der Waals surface area contributed by atoms with E-state index in [9.17, 15) is 17.6 Å². The zero-order valence-electron chi connectivity index (χ0n) is 15.7. The Labute approximate surface area is 172 Å². The highest BCUT2D eigenvalue weighted by Crippen LogP contribution is 2.27. The van der Waals surface area contributed by atoms with Gasteiger partial charge in [0.05, 0.1) is 10.6 Å². The van der Waals surface area contributed by atoms with Crippen LogP contribution in [0.2, 0.25) is 0 Å². The van der Waals surface area contributed by atoms with Crippen molar-refractivity contribution < 1.29 is 17.6 Å². The molecule has 0 bridgehead atoms. The van der Waals surface area contributed by atoms with Gasteiger partial charge in [-0.1, -0.05) is 18.2 Å². The minimum atomic E-state index is -4.04. The Morgan fingerprint density at radius 1 is 1.17 bits per heavy atom. The summed E-state index contributed by atoms with van der Waals surface area (Å²) in [4.78, 5) is 16.0. The van der Waals surface area contributed by atoms with Crippen LogP contribution >= 0.6 is 11.3 Å². The van der Waals surface area contributed by atoms with E-state index in [-0.39, 0.29) is 16.5 Å². The third-order valence-electron chi connectivity index (χ3n) is 4.96. The number of aryl methyl sites for hydroxylation is 1. The fourth-order valence-corrected chi connectivity index (χ4v) is 5.32. The van der Waals surface area contributed by atoms with Gasteiger partial charge >= 0.3 is 0 Å². The summed E-state index contributed by atoms with van der Waals surface area (Å²) in [6.45, 7) is 2.88. The number of halogens is 1. The van der Waals surface area contributed by atoms with Crippen molar-refractivity contribution in [3.05, 3.63) is 81.3 Å². The fraction of sp³-hybridized carbons (Fsp3) is 0.190. The smallest absolute Gasteiger partial charge is 0.262 e. The average molecular weight is 431 g/mol. The Bertz CT molecular complexity index is 1190. The highest BCUT2D eigenvalue weighted by molar-refractivity contribution is 7.92. The first kappa shape index (κ1) is 19.6. The van der Waals surface area contributed by atoms with Gasteiger partial charge in [0.1, 0.15) is 5.82 Å². The summed E-state index contributed by atoms with van der Waals surface area (Å²) < 4.78 is 41.6. The van der Waals surface area contributed by atoms with E-state index < -0.39 is 15.8 Å². The average Bonchev–Trinajstić information content (AvgIpc) is 3.17. The molecule has 3 aromatic rings. The van der Waals surface area contributed by atoms with Gasteiger partial charge in [-0.15, -0.1) is 11.3 Å². The molecule has 1 amide bonds. The van der Waals surface area contributed by atoms with Crippen LogP contribution in [0.5, 0.6) is 0 Å². The second-order valence-electron chi connectivity index (χ2n) is 6.91. The van der Waals surface area contributed by atoms with Crippen molar-refractivity contribution in [3.63, 3.8) is 0 Å². The Hall–Kier alpha value is -2.71. The number of hydrogen-bond acceptors (Lipinski definition) is 4. The molecule has 0 saturated carbocycles. The third-order valence-corrected chi connectivity index (χ3v) is 7.35. The van der Waals surface area contributed by atoms with Crippen LogP contribution in [0.25, 0.3) is 0 Å². The largest absolute Gasteiger partial charge is 0.334 e. The van der Waals surface area contributed by atoms with E-state index in [1.54, 1.807) is 35.3 Å². The van der Waals surface area contributed by atoms with E-state index in [1.807, 2.05) is 11.4 Å². The topological polar surface area (TPSA) is 66.5 Å². The predicted molar refractivity (Wildman–Crippen MR) is 111 cm³/mol. The number of benzene rings is 2. The maximum Gasteiger partial charge on any atom is 0.262 e. The molecular formula is C21H19FN2O3S2. The van der Waals surface area contributed by atoms with E-state index in [0.717, 1.165) is 12.0 Å². The summed E-state index contributed by atoms with van der Waals surface area (Å²) in [6.07, 6.45) is 0.796. The van der Waals surface area contributed by atoms with Gasteiger partial charge in [-0.25, -0.2) is 12.8 Å². The number of fused-ring (bicyclic) bond motifs is 1. The Morgan fingerprint density at radius 3 is 2.76 bits per heavy atom. The van der Waals surface area contributed by atoms with E-state index in [4.69, 9.17) is 0 Å². The molecule has 0 unspecified atom stereocenters. The number of anilines is 1. The molecule has 8 heteroatoms. The molecule has 1 aromatic heterocycles. The highest BCUT2D eigenvalue weighted by atomic mass is 32.2. The number of rotatable bonds is 4. The van der Waals surface area contributed by atoms with Crippen molar-refractivity contribution in [1.29, 1.82) is 0 Å². The zero-order chi connectivity index (χ0) is 20.6. The predicted octanol–water partition coefficient (Wildman–Crippen LogP) is 4.19. The van der Waals surface area contributed by atoms with Crippen LogP contribution in [0, 0.1) is 12.7 Å². The van der Waals surface area contributed by atoms with E-state index in [0.29, 0.717) is 24.2 Å². The lowest BCUT2D eigenvalue weighted by Crippen LogP contribution is -2.35. The number of sulfonamides is 1. The first-order valence-electron chi connectivity index (χ1n) is 9.08.